The van der Waals surface area contributed by atoms with Gasteiger partial charge in [0.05, 0.1) is 12.5 Å². The highest BCUT2D eigenvalue weighted by Gasteiger charge is 2.02. The number of nitriles is 1. The molecule has 0 fully saturated rings. The van der Waals surface area contributed by atoms with E-state index in [1.165, 1.54) is 0 Å². The summed E-state index contributed by atoms with van der Waals surface area (Å²) in [6.45, 7) is 0. The van der Waals surface area contributed by atoms with E-state index in [4.69, 9.17) is 27.3 Å². The molecule has 2 aromatic rings. The van der Waals surface area contributed by atoms with Crippen molar-refractivity contribution in [2.75, 3.05) is 5.73 Å². The molecular formula is C13H10ClN3O. The first-order chi connectivity index (χ1) is 8.67. The first-order valence-corrected chi connectivity index (χ1v) is 5.62. The maximum absolute atomic E-state index is 8.57. The van der Waals surface area contributed by atoms with Crippen LogP contribution in [0.15, 0.2) is 36.4 Å². The second-order valence-electron chi connectivity index (χ2n) is 3.64. The highest BCUT2D eigenvalue weighted by atomic mass is 35.5. The van der Waals surface area contributed by atoms with Gasteiger partial charge in [0.1, 0.15) is 10.9 Å². The number of rotatable bonds is 3. The molecule has 0 saturated carbocycles. The van der Waals surface area contributed by atoms with Crippen molar-refractivity contribution < 1.29 is 4.74 Å². The summed E-state index contributed by atoms with van der Waals surface area (Å²) in [6, 6.07) is 12.4. The maximum Gasteiger partial charge on any atom is 0.222 e. The van der Waals surface area contributed by atoms with Crippen molar-refractivity contribution in [3.8, 4) is 17.7 Å². The smallest absolute Gasteiger partial charge is 0.222 e. The van der Waals surface area contributed by atoms with Gasteiger partial charge >= 0.3 is 0 Å². The summed E-state index contributed by atoms with van der Waals surface area (Å²) >= 11 is 5.78. The third-order valence-electron chi connectivity index (χ3n) is 2.22. The van der Waals surface area contributed by atoms with E-state index in [0.717, 1.165) is 5.56 Å². The standard InChI is InChI=1S/C13H10ClN3O/c14-12-7-10(16)8-13(17-12)18-11-3-1-9(2-4-11)5-6-15/h1-4,7-8H,5H2,(H2,16,17). The molecule has 4 nitrogen and oxygen atoms in total. The van der Waals surface area contributed by atoms with Crippen molar-refractivity contribution >= 4 is 17.3 Å². The summed E-state index contributed by atoms with van der Waals surface area (Å²) in [5.41, 5.74) is 7.06. The largest absolute Gasteiger partial charge is 0.439 e. The van der Waals surface area contributed by atoms with Crippen molar-refractivity contribution in [3.63, 3.8) is 0 Å². The predicted octanol–water partition coefficient (Wildman–Crippen LogP) is 3.18. The van der Waals surface area contributed by atoms with Gasteiger partial charge < -0.3 is 10.5 Å². The molecule has 2 rings (SSSR count). The van der Waals surface area contributed by atoms with Crippen molar-refractivity contribution in [1.82, 2.24) is 4.98 Å². The van der Waals surface area contributed by atoms with Gasteiger partial charge in [-0.25, -0.2) is 4.98 Å². The van der Waals surface area contributed by atoms with E-state index >= 15 is 0 Å². The molecule has 0 bridgehead atoms. The highest BCUT2D eigenvalue weighted by Crippen LogP contribution is 2.24. The molecule has 5 heteroatoms. The lowest BCUT2D eigenvalue weighted by molar-refractivity contribution is 0.463. The van der Waals surface area contributed by atoms with Gasteiger partial charge in [0.2, 0.25) is 5.88 Å². The average Bonchev–Trinajstić information content (AvgIpc) is 2.31. The van der Waals surface area contributed by atoms with Gasteiger partial charge in [0.25, 0.3) is 0 Å². The first-order valence-electron chi connectivity index (χ1n) is 5.24. The fourth-order valence-electron chi connectivity index (χ4n) is 1.43. The summed E-state index contributed by atoms with van der Waals surface area (Å²) in [4.78, 5) is 4.00. The summed E-state index contributed by atoms with van der Waals surface area (Å²) in [7, 11) is 0. The molecule has 0 unspecified atom stereocenters. The van der Waals surface area contributed by atoms with E-state index in [-0.39, 0.29) is 5.15 Å². The number of benzene rings is 1. The Balaban J connectivity index is 2.16. The normalized spacial score (nSPS) is 9.78. The zero-order chi connectivity index (χ0) is 13.0. The highest BCUT2D eigenvalue weighted by molar-refractivity contribution is 6.29. The summed E-state index contributed by atoms with van der Waals surface area (Å²) in [5, 5.41) is 8.85. The van der Waals surface area contributed by atoms with Gasteiger partial charge in [-0.2, -0.15) is 5.26 Å². The van der Waals surface area contributed by atoms with Crippen LogP contribution in [-0.4, -0.2) is 4.98 Å². The summed E-state index contributed by atoms with van der Waals surface area (Å²) in [6.07, 6.45) is 0.378. The summed E-state index contributed by atoms with van der Waals surface area (Å²) in [5.74, 6) is 0.957. The zero-order valence-corrected chi connectivity index (χ0v) is 10.2. The van der Waals surface area contributed by atoms with Gasteiger partial charge in [0, 0.05) is 11.8 Å². The number of nitrogens with two attached hydrogens (primary N) is 1. The number of pyridine rings is 1. The van der Waals surface area contributed by atoms with Crippen LogP contribution in [0.1, 0.15) is 5.56 Å². The van der Waals surface area contributed by atoms with Crippen LogP contribution in [0.4, 0.5) is 5.69 Å². The Morgan fingerprint density at radius 3 is 2.61 bits per heavy atom. The maximum atomic E-state index is 8.57. The molecular weight excluding hydrogens is 250 g/mol. The molecule has 1 heterocycles. The Bertz CT molecular complexity index is 570. The third kappa shape index (κ3) is 3.12. The van der Waals surface area contributed by atoms with E-state index in [1.54, 1.807) is 24.3 Å². The molecule has 0 saturated heterocycles. The zero-order valence-electron chi connectivity index (χ0n) is 9.43. The quantitative estimate of drug-likeness (QED) is 0.860. The van der Waals surface area contributed by atoms with E-state index in [2.05, 4.69) is 11.1 Å². The van der Waals surface area contributed by atoms with Gasteiger partial charge in [-0.15, -0.1) is 0 Å². The van der Waals surface area contributed by atoms with E-state index < -0.39 is 0 Å². The number of ether oxygens (including phenoxy) is 1. The fraction of sp³-hybridized carbons (Fsp3) is 0.0769. The molecule has 18 heavy (non-hydrogen) atoms. The SMILES string of the molecule is N#CCc1ccc(Oc2cc(N)cc(Cl)n2)cc1. The molecule has 1 aromatic heterocycles. The number of nitrogens with zero attached hydrogens (tertiary/aromatic N) is 2. The molecule has 0 aliphatic rings. The Morgan fingerprint density at radius 1 is 1.28 bits per heavy atom. The second-order valence-corrected chi connectivity index (χ2v) is 4.03. The number of halogens is 1. The first kappa shape index (κ1) is 12.2. The molecule has 90 valence electrons. The van der Waals surface area contributed by atoms with Gasteiger partial charge in [-0.1, -0.05) is 23.7 Å². The van der Waals surface area contributed by atoms with Gasteiger partial charge in [-0.05, 0) is 23.8 Å². The lowest BCUT2D eigenvalue weighted by Gasteiger charge is -2.06. The number of aromatic nitrogens is 1. The van der Waals surface area contributed by atoms with Crippen molar-refractivity contribution in [1.29, 1.82) is 5.26 Å². The number of hydrogen-bond donors (Lipinski definition) is 1. The lowest BCUT2D eigenvalue weighted by atomic mass is 10.2. The van der Waals surface area contributed by atoms with Crippen LogP contribution in [0.5, 0.6) is 11.6 Å². The summed E-state index contributed by atoms with van der Waals surface area (Å²) < 4.78 is 5.51. The van der Waals surface area contributed by atoms with E-state index in [9.17, 15) is 0 Å². The minimum atomic E-state index is 0.283. The third-order valence-corrected chi connectivity index (χ3v) is 2.42. The molecule has 0 amide bonds. The van der Waals surface area contributed by atoms with E-state index in [1.807, 2.05) is 12.1 Å². The Morgan fingerprint density at radius 2 is 2.00 bits per heavy atom. The Labute approximate surface area is 110 Å². The van der Waals surface area contributed by atoms with Gasteiger partial charge in [0.15, 0.2) is 0 Å². The van der Waals surface area contributed by atoms with Crippen LogP contribution < -0.4 is 10.5 Å². The minimum Gasteiger partial charge on any atom is -0.439 e. The molecule has 2 N–H and O–H groups in total. The molecule has 0 radical (unpaired) electrons. The second kappa shape index (κ2) is 5.39. The molecule has 0 spiro atoms. The van der Waals surface area contributed by atoms with Crippen LogP contribution in [0.2, 0.25) is 5.15 Å². The molecule has 0 atom stereocenters. The number of hydrogen-bond acceptors (Lipinski definition) is 4. The average molecular weight is 260 g/mol. The fourth-order valence-corrected chi connectivity index (χ4v) is 1.64. The van der Waals surface area contributed by atoms with Gasteiger partial charge in [-0.3, -0.25) is 0 Å². The number of nitrogen functional groups attached to an aromatic ring is 1. The van der Waals surface area contributed by atoms with Crippen LogP contribution >= 0.6 is 11.6 Å². The monoisotopic (exact) mass is 259 g/mol. The van der Waals surface area contributed by atoms with Crippen molar-refractivity contribution in [2.45, 2.75) is 6.42 Å². The molecule has 0 aliphatic heterocycles. The van der Waals surface area contributed by atoms with Crippen molar-refractivity contribution in [3.05, 3.63) is 47.1 Å². The molecule has 0 aliphatic carbocycles. The number of anilines is 1. The van der Waals surface area contributed by atoms with Crippen molar-refractivity contribution in [2.24, 2.45) is 0 Å². The van der Waals surface area contributed by atoms with Crippen LogP contribution in [0, 0.1) is 11.3 Å². The van der Waals surface area contributed by atoms with E-state index in [0.29, 0.717) is 23.7 Å². The van der Waals surface area contributed by atoms with Crippen LogP contribution in [0.25, 0.3) is 0 Å². The molecule has 1 aromatic carbocycles. The lowest BCUT2D eigenvalue weighted by Crippen LogP contribution is -1.92. The predicted molar refractivity (Wildman–Crippen MR) is 69.5 cm³/mol. The topological polar surface area (TPSA) is 71.9 Å². The Kier molecular flexibility index (Phi) is 3.66. The minimum absolute atomic E-state index is 0.283. The van der Waals surface area contributed by atoms with Crippen LogP contribution in [-0.2, 0) is 6.42 Å². The van der Waals surface area contributed by atoms with Crippen LogP contribution in [0.3, 0.4) is 0 Å². The Hall–Kier alpha value is -2.25.